The zero-order chi connectivity index (χ0) is 44.0. The van der Waals surface area contributed by atoms with Gasteiger partial charge in [-0.2, -0.15) is 5.26 Å². The van der Waals surface area contributed by atoms with Gasteiger partial charge in [-0.1, -0.05) is 206 Å². The van der Waals surface area contributed by atoms with Crippen LogP contribution >= 0.6 is 0 Å². The molecule has 0 unspecified atom stereocenters. The fourth-order valence-electron chi connectivity index (χ4n) is 9.46. The molecule has 306 valence electrons. The van der Waals surface area contributed by atoms with Gasteiger partial charge >= 0.3 is 0 Å². The summed E-state index contributed by atoms with van der Waals surface area (Å²) in [6, 6.07) is 83.2. The lowest BCUT2D eigenvalue weighted by molar-refractivity contribution is 1.07. The van der Waals surface area contributed by atoms with Gasteiger partial charge in [-0.3, -0.25) is 0 Å². The van der Waals surface area contributed by atoms with Crippen molar-refractivity contribution in [2.24, 2.45) is 0 Å². The minimum Gasteiger partial charge on any atom is -0.208 e. The number of aromatic nitrogens is 3. The highest BCUT2D eigenvalue weighted by atomic mass is 15.0. The van der Waals surface area contributed by atoms with Gasteiger partial charge in [0, 0.05) is 16.7 Å². The van der Waals surface area contributed by atoms with Crippen LogP contribution < -0.4 is 0 Å². The molecule has 0 aliphatic carbocycles. The lowest BCUT2D eigenvalue weighted by Gasteiger charge is -2.17. The first-order valence-electron chi connectivity index (χ1n) is 22.1. The summed E-state index contributed by atoms with van der Waals surface area (Å²) >= 11 is 0. The maximum absolute atomic E-state index is 9.31. The summed E-state index contributed by atoms with van der Waals surface area (Å²) in [5, 5.41) is 19.3. The van der Waals surface area contributed by atoms with Crippen molar-refractivity contribution in [1.82, 2.24) is 15.0 Å². The second-order valence-corrected chi connectivity index (χ2v) is 16.7. The van der Waals surface area contributed by atoms with Gasteiger partial charge in [0.15, 0.2) is 17.5 Å². The van der Waals surface area contributed by atoms with E-state index in [0.29, 0.717) is 23.0 Å². The quantitative estimate of drug-likeness (QED) is 0.118. The molecule has 11 aromatic carbocycles. The van der Waals surface area contributed by atoms with E-state index in [0.717, 1.165) is 38.9 Å². The standard InChI is InChI=1S/C62H38N4/c63-39-40-21-23-43(24-22-40)48-15-10-16-50(37-48)62-65-60(46-12-2-1-3-13-46)64-61(66-62)47-31-27-42(28-32-47)41-25-29-45(30-26-41)52-35-36-56(55-20-9-8-19-54(52)55)59-53-18-7-5-14-49(53)38-58-51-17-6-4-11-44(51)33-34-57(58)59/h1-38H. The third kappa shape index (κ3) is 6.93. The zero-order valence-electron chi connectivity index (χ0n) is 35.7. The SMILES string of the molecule is N#Cc1ccc(-c2cccc(-c3nc(-c4ccccc4)nc(-c4ccc(-c5ccc(-c6ccc(-c7c8ccccc8cc8c7ccc7ccccc78)c7ccccc67)cc5)cc4)n3)c2)cc1. The van der Waals surface area contributed by atoms with Crippen LogP contribution in [0.4, 0.5) is 0 Å². The molecule has 12 aromatic rings. The lowest BCUT2D eigenvalue weighted by atomic mass is 9.86. The first kappa shape index (κ1) is 38.6. The maximum Gasteiger partial charge on any atom is 0.164 e. The Balaban J connectivity index is 0.883. The van der Waals surface area contributed by atoms with E-state index < -0.39 is 0 Å². The number of hydrogen-bond acceptors (Lipinski definition) is 4. The summed E-state index contributed by atoms with van der Waals surface area (Å²) in [5.74, 6) is 1.80. The van der Waals surface area contributed by atoms with Gasteiger partial charge in [0.2, 0.25) is 0 Å². The Kier molecular flexibility index (Phi) is 9.51. The smallest absolute Gasteiger partial charge is 0.164 e. The van der Waals surface area contributed by atoms with E-state index in [4.69, 9.17) is 15.0 Å². The molecule has 0 atom stereocenters. The second-order valence-electron chi connectivity index (χ2n) is 16.7. The predicted octanol–water partition coefficient (Wildman–Crippen LogP) is 16.0. The van der Waals surface area contributed by atoms with Gasteiger partial charge < -0.3 is 0 Å². The molecule has 1 aromatic heterocycles. The van der Waals surface area contributed by atoms with Crippen LogP contribution in [0, 0.1) is 11.3 Å². The minimum absolute atomic E-state index is 0.591. The van der Waals surface area contributed by atoms with Crippen LogP contribution in [0.15, 0.2) is 231 Å². The first-order valence-corrected chi connectivity index (χ1v) is 22.1. The van der Waals surface area contributed by atoms with Crippen molar-refractivity contribution in [3.05, 3.63) is 236 Å². The van der Waals surface area contributed by atoms with Crippen LogP contribution in [0.3, 0.4) is 0 Å². The fourth-order valence-corrected chi connectivity index (χ4v) is 9.46. The molecule has 12 rings (SSSR count). The highest BCUT2D eigenvalue weighted by Crippen LogP contribution is 2.44. The van der Waals surface area contributed by atoms with Gasteiger partial charge in [0.05, 0.1) is 11.6 Å². The van der Waals surface area contributed by atoms with Crippen LogP contribution in [0.2, 0.25) is 0 Å². The molecule has 1 heterocycles. The average molecular weight is 839 g/mol. The van der Waals surface area contributed by atoms with Gasteiger partial charge in [0.25, 0.3) is 0 Å². The Morgan fingerprint density at radius 2 is 0.758 bits per heavy atom. The monoisotopic (exact) mass is 838 g/mol. The molecule has 0 radical (unpaired) electrons. The Bertz CT molecular complexity index is 3850. The normalized spacial score (nSPS) is 11.3. The first-order chi connectivity index (χ1) is 32.6. The van der Waals surface area contributed by atoms with Crippen molar-refractivity contribution >= 4 is 43.1 Å². The van der Waals surface area contributed by atoms with E-state index in [9.17, 15) is 5.26 Å². The molecule has 0 amide bonds. The minimum atomic E-state index is 0.591. The van der Waals surface area contributed by atoms with Gasteiger partial charge in [-0.05, 0) is 112 Å². The Hall–Kier alpha value is -9.04. The zero-order valence-corrected chi connectivity index (χ0v) is 35.7. The number of rotatable bonds is 7. The summed E-state index contributed by atoms with van der Waals surface area (Å²) in [5.41, 5.74) is 12.5. The molecule has 0 aliphatic heterocycles. The third-order valence-corrected chi connectivity index (χ3v) is 12.8. The molecule has 0 saturated heterocycles. The van der Waals surface area contributed by atoms with Crippen LogP contribution in [0.5, 0.6) is 0 Å². The topological polar surface area (TPSA) is 62.5 Å². The van der Waals surface area contributed by atoms with Gasteiger partial charge in [-0.15, -0.1) is 0 Å². The van der Waals surface area contributed by atoms with Crippen LogP contribution in [0.25, 0.3) is 122 Å². The molecule has 0 bridgehead atoms. The lowest BCUT2D eigenvalue weighted by Crippen LogP contribution is -2.00. The molecule has 0 N–H and O–H groups in total. The van der Waals surface area contributed by atoms with Crippen LogP contribution in [0.1, 0.15) is 5.56 Å². The van der Waals surface area contributed by atoms with E-state index in [2.05, 4.69) is 170 Å². The summed E-state index contributed by atoms with van der Waals surface area (Å²) in [7, 11) is 0. The molecule has 0 aliphatic rings. The summed E-state index contributed by atoms with van der Waals surface area (Å²) in [6.07, 6.45) is 0. The van der Waals surface area contributed by atoms with E-state index in [1.807, 2.05) is 66.7 Å². The molecule has 0 fully saturated rings. The molecule has 4 heteroatoms. The van der Waals surface area contributed by atoms with Crippen LogP contribution in [-0.4, -0.2) is 15.0 Å². The highest BCUT2D eigenvalue weighted by Gasteiger charge is 2.17. The fraction of sp³-hybridized carbons (Fsp3) is 0. The van der Waals surface area contributed by atoms with E-state index >= 15 is 0 Å². The van der Waals surface area contributed by atoms with Gasteiger partial charge in [0.1, 0.15) is 0 Å². The van der Waals surface area contributed by atoms with Crippen molar-refractivity contribution in [3.63, 3.8) is 0 Å². The second kappa shape index (κ2) is 16.3. The average Bonchev–Trinajstić information content (AvgIpc) is 3.40. The van der Waals surface area contributed by atoms with Crippen molar-refractivity contribution in [1.29, 1.82) is 5.26 Å². The summed E-state index contributed by atoms with van der Waals surface area (Å²) < 4.78 is 0. The largest absolute Gasteiger partial charge is 0.208 e. The third-order valence-electron chi connectivity index (χ3n) is 12.8. The Morgan fingerprint density at radius 3 is 1.45 bits per heavy atom. The summed E-state index contributed by atoms with van der Waals surface area (Å²) in [4.78, 5) is 15.0. The van der Waals surface area contributed by atoms with E-state index in [1.165, 1.54) is 65.3 Å². The van der Waals surface area contributed by atoms with Crippen molar-refractivity contribution in [2.45, 2.75) is 0 Å². The number of fused-ring (bicyclic) bond motifs is 5. The number of benzene rings is 11. The molecule has 0 saturated carbocycles. The van der Waals surface area contributed by atoms with E-state index in [1.54, 1.807) is 0 Å². The maximum atomic E-state index is 9.31. The Morgan fingerprint density at radius 1 is 0.273 bits per heavy atom. The highest BCUT2D eigenvalue weighted by molar-refractivity contribution is 6.23. The van der Waals surface area contributed by atoms with Crippen molar-refractivity contribution in [2.75, 3.05) is 0 Å². The predicted molar refractivity (Wildman–Crippen MR) is 273 cm³/mol. The Labute approximate surface area is 382 Å². The molecule has 66 heavy (non-hydrogen) atoms. The molecule has 4 nitrogen and oxygen atoms in total. The van der Waals surface area contributed by atoms with Crippen molar-refractivity contribution < 1.29 is 0 Å². The molecule has 0 spiro atoms. The van der Waals surface area contributed by atoms with Crippen LogP contribution in [-0.2, 0) is 0 Å². The van der Waals surface area contributed by atoms with Gasteiger partial charge in [-0.25, -0.2) is 15.0 Å². The molecular formula is C62H38N4. The van der Waals surface area contributed by atoms with Crippen molar-refractivity contribution in [3.8, 4) is 84.7 Å². The number of nitrogens with zero attached hydrogens (tertiary/aromatic N) is 4. The van der Waals surface area contributed by atoms with E-state index in [-0.39, 0.29) is 0 Å². The number of hydrogen-bond donors (Lipinski definition) is 0. The number of nitriles is 1. The summed E-state index contributed by atoms with van der Waals surface area (Å²) in [6.45, 7) is 0. The molecular weight excluding hydrogens is 801 g/mol.